The first-order chi connectivity index (χ1) is 10.7. The monoisotopic (exact) mass is 304 g/mol. The van der Waals surface area contributed by atoms with E-state index in [1.54, 1.807) is 6.92 Å². The SMILES string of the molecule is CCOC(=O)c1oc2cccc(OC3CCCCO3)c2c1C. The number of furan rings is 1. The molecule has 1 aromatic heterocycles. The van der Waals surface area contributed by atoms with E-state index in [1.807, 2.05) is 25.1 Å². The summed E-state index contributed by atoms with van der Waals surface area (Å²) in [5.41, 5.74) is 1.36. The second kappa shape index (κ2) is 6.40. The molecule has 1 aliphatic rings. The quantitative estimate of drug-likeness (QED) is 0.804. The van der Waals surface area contributed by atoms with Gasteiger partial charge >= 0.3 is 5.97 Å². The fraction of sp³-hybridized carbons (Fsp3) is 0.471. The Labute approximate surface area is 129 Å². The predicted molar refractivity (Wildman–Crippen MR) is 81.1 cm³/mol. The molecule has 0 bridgehead atoms. The molecule has 5 heteroatoms. The van der Waals surface area contributed by atoms with Crippen LogP contribution >= 0.6 is 0 Å². The van der Waals surface area contributed by atoms with Crippen LogP contribution < -0.4 is 4.74 Å². The maximum atomic E-state index is 12.0. The van der Waals surface area contributed by atoms with Gasteiger partial charge in [0, 0.05) is 12.0 Å². The van der Waals surface area contributed by atoms with Gasteiger partial charge in [-0.05, 0) is 38.8 Å². The van der Waals surface area contributed by atoms with Crippen molar-refractivity contribution in [2.24, 2.45) is 0 Å². The van der Waals surface area contributed by atoms with E-state index in [4.69, 9.17) is 18.6 Å². The van der Waals surface area contributed by atoms with Crippen LogP contribution in [0, 0.1) is 6.92 Å². The van der Waals surface area contributed by atoms with E-state index in [1.165, 1.54) is 0 Å². The summed E-state index contributed by atoms with van der Waals surface area (Å²) in [6.45, 7) is 4.64. The lowest BCUT2D eigenvalue weighted by atomic mass is 10.1. The van der Waals surface area contributed by atoms with Gasteiger partial charge in [0.1, 0.15) is 11.3 Å². The highest BCUT2D eigenvalue weighted by atomic mass is 16.7. The van der Waals surface area contributed by atoms with Crippen molar-refractivity contribution >= 4 is 16.9 Å². The number of fused-ring (bicyclic) bond motifs is 1. The first-order valence-electron chi connectivity index (χ1n) is 7.68. The molecule has 1 aliphatic heterocycles. The Kier molecular flexibility index (Phi) is 4.34. The van der Waals surface area contributed by atoms with E-state index >= 15 is 0 Å². The zero-order valence-electron chi connectivity index (χ0n) is 12.9. The number of carbonyl (C=O) groups excluding carboxylic acids is 1. The Morgan fingerprint density at radius 3 is 2.95 bits per heavy atom. The third-order valence-electron chi connectivity index (χ3n) is 3.77. The maximum absolute atomic E-state index is 12.0. The number of hydrogen-bond acceptors (Lipinski definition) is 5. The molecule has 0 amide bonds. The molecule has 3 rings (SSSR count). The molecule has 2 aromatic rings. The van der Waals surface area contributed by atoms with Crippen LogP contribution in [-0.2, 0) is 9.47 Å². The molecule has 1 unspecified atom stereocenters. The highest BCUT2D eigenvalue weighted by Gasteiger charge is 2.23. The zero-order valence-corrected chi connectivity index (χ0v) is 12.9. The predicted octanol–water partition coefficient (Wildman–Crippen LogP) is 3.82. The van der Waals surface area contributed by atoms with Crippen LogP contribution in [0.1, 0.15) is 42.3 Å². The normalized spacial score (nSPS) is 18.4. The summed E-state index contributed by atoms with van der Waals surface area (Å²) in [5, 5.41) is 0.805. The average molecular weight is 304 g/mol. The van der Waals surface area contributed by atoms with E-state index in [0.717, 1.165) is 36.8 Å². The number of esters is 1. The number of hydrogen-bond donors (Lipinski definition) is 0. The highest BCUT2D eigenvalue weighted by Crippen LogP contribution is 2.34. The van der Waals surface area contributed by atoms with Gasteiger partial charge in [0.15, 0.2) is 6.29 Å². The summed E-state index contributed by atoms with van der Waals surface area (Å²) in [4.78, 5) is 12.0. The second-order valence-electron chi connectivity index (χ2n) is 5.32. The van der Waals surface area contributed by atoms with E-state index in [2.05, 4.69) is 0 Å². The van der Waals surface area contributed by atoms with E-state index in [9.17, 15) is 4.79 Å². The molecule has 1 fully saturated rings. The fourth-order valence-corrected chi connectivity index (χ4v) is 2.70. The summed E-state index contributed by atoms with van der Waals surface area (Å²) in [7, 11) is 0. The van der Waals surface area contributed by atoms with Crippen molar-refractivity contribution in [3.05, 3.63) is 29.5 Å². The largest absolute Gasteiger partial charge is 0.464 e. The van der Waals surface area contributed by atoms with Crippen molar-refractivity contribution in [3.8, 4) is 5.75 Å². The molecule has 1 atom stereocenters. The van der Waals surface area contributed by atoms with Gasteiger partial charge in [0.25, 0.3) is 0 Å². The summed E-state index contributed by atoms with van der Waals surface area (Å²) < 4.78 is 22.3. The van der Waals surface area contributed by atoms with Crippen molar-refractivity contribution in [3.63, 3.8) is 0 Å². The maximum Gasteiger partial charge on any atom is 0.374 e. The molecule has 0 spiro atoms. The summed E-state index contributed by atoms with van der Waals surface area (Å²) in [5.74, 6) is 0.467. The van der Waals surface area contributed by atoms with Crippen molar-refractivity contribution in [1.29, 1.82) is 0 Å². The zero-order chi connectivity index (χ0) is 15.5. The fourth-order valence-electron chi connectivity index (χ4n) is 2.70. The molecule has 2 heterocycles. The van der Waals surface area contributed by atoms with Crippen LogP contribution in [0.5, 0.6) is 5.75 Å². The Morgan fingerprint density at radius 2 is 2.23 bits per heavy atom. The number of aryl methyl sites for hydroxylation is 1. The van der Waals surface area contributed by atoms with Gasteiger partial charge in [-0.3, -0.25) is 0 Å². The first-order valence-corrected chi connectivity index (χ1v) is 7.68. The Hall–Kier alpha value is -2.01. The van der Waals surface area contributed by atoms with E-state index in [0.29, 0.717) is 17.9 Å². The minimum Gasteiger partial charge on any atom is -0.464 e. The van der Waals surface area contributed by atoms with Gasteiger partial charge < -0.3 is 18.6 Å². The van der Waals surface area contributed by atoms with Crippen LogP contribution in [0.4, 0.5) is 0 Å². The summed E-state index contributed by atoms with van der Waals surface area (Å²) in [6, 6.07) is 5.54. The van der Waals surface area contributed by atoms with Crippen molar-refractivity contribution in [1.82, 2.24) is 0 Å². The van der Waals surface area contributed by atoms with Gasteiger partial charge in [-0.25, -0.2) is 4.79 Å². The minimum absolute atomic E-state index is 0.234. The Morgan fingerprint density at radius 1 is 1.36 bits per heavy atom. The molecule has 1 aromatic carbocycles. The molecule has 0 saturated carbocycles. The standard InChI is InChI=1S/C17H20O5/c1-3-19-17(18)16-11(2)15-12(7-6-8-13(15)22-16)21-14-9-4-5-10-20-14/h6-8,14H,3-5,9-10H2,1-2H3. The van der Waals surface area contributed by atoms with Crippen molar-refractivity contribution in [2.75, 3.05) is 13.2 Å². The molecule has 1 saturated heterocycles. The lowest BCUT2D eigenvalue weighted by Gasteiger charge is -2.23. The summed E-state index contributed by atoms with van der Waals surface area (Å²) in [6.07, 6.45) is 2.80. The molecule has 118 valence electrons. The van der Waals surface area contributed by atoms with E-state index in [-0.39, 0.29) is 12.1 Å². The topological polar surface area (TPSA) is 57.9 Å². The average Bonchev–Trinajstić information content (AvgIpc) is 2.87. The lowest BCUT2D eigenvalue weighted by molar-refractivity contribution is -0.105. The van der Waals surface area contributed by atoms with Crippen LogP contribution in [0.15, 0.2) is 22.6 Å². The smallest absolute Gasteiger partial charge is 0.374 e. The summed E-state index contributed by atoms with van der Waals surface area (Å²) >= 11 is 0. The third-order valence-corrected chi connectivity index (χ3v) is 3.77. The molecule has 22 heavy (non-hydrogen) atoms. The number of carbonyl (C=O) groups is 1. The van der Waals surface area contributed by atoms with Crippen LogP contribution in [0.2, 0.25) is 0 Å². The minimum atomic E-state index is -0.448. The highest BCUT2D eigenvalue weighted by molar-refractivity contribution is 5.98. The molecule has 5 nitrogen and oxygen atoms in total. The number of ether oxygens (including phenoxy) is 3. The van der Waals surface area contributed by atoms with Crippen LogP contribution in [-0.4, -0.2) is 25.5 Å². The van der Waals surface area contributed by atoms with Crippen LogP contribution in [0.3, 0.4) is 0 Å². The van der Waals surface area contributed by atoms with Crippen molar-refractivity contribution < 1.29 is 23.4 Å². The number of rotatable bonds is 4. The Bertz CT molecular complexity index is 667. The lowest BCUT2D eigenvalue weighted by Crippen LogP contribution is -2.25. The van der Waals surface area contributed by atoms with Crippen LogP contribution in [0.25, 0.3) is 11.0 Å². The molecule has 0 N–H and O–H groups in total. The number of benzene rings is 1. The third kappa shape index (κ3) is 2.81. The van der Waals surface area contributed by atoms with E-state index < -0.39 is 5.97 Å². The second-order valence-corrected chi connectivity index (χ2v) is 5.32. The van der Waals surface area contributed by atoms with Gasteiger partial charge in [0.05, 0.1) is 18.6 Å². The molecule has 0 aliphatic carbocycles. The van der Waals surface area contributed by atoms with Crippen molar-refractivity contribution in [2.45, 2.75) is 39.4 Å². The van der Waals surface area contributed by atoms with Gasteiger partial charge in [-0.15, -0.1) is 0 Å². The molecular weight excluding hydrogens is 284 g/mol. The van der Waals surface area contributed by atoms with Gasteiger partial charge in [-0.2, -0.15) is 0 Å². The Balaban J connectivity index is 1.95. The first kappa shape index (κ1) is 14.9. The van der Waals surface area contributed by atoms with Gasteiger partial charge in [-0.1, -0.05) is 6.07 Å². The van der Waals surface area contributed by atoms with Gasteiger partial charge in [0.2, 0.25) is 5.76 Å². The molecule has 0 radical (unpaired) electrons. The molecular formula is C17H20O5.